The lowest BCUT2D eigenvalue weighted by Gasteiger charge is -2.07. The van der Waals surface area contributed by atoms with Crippen LogP contribution in [0.4, 0.5) is 10.1 Å². The summed E-state index contributed by atoms with van der Waals surface area (Å²) in [4.78, 5) is 23.4. The highest BCUT2D eigenvalue weighted by Gasteiger charge is 2.09. The molecule has 0 aliphatic carbocycles. The smallest absolute Gasteiger partial charge is 0.233 e. The third kappa shape index (κ3) is 5.01. The van der Waals surface area contributed by atoms with Crippen molar-refractivity contribution >= 4 is 17.5 Å². The summed E-state index contributed by atoms with van der Waals surface area (Å²) >= 11 is 0. The molecule has 0 saturated carbocycles. The molecule has 2 rings (SSSR count). The van der Waals surface area contributed by atoms with Crippen LogP contribution in [0.3, 0.4) is 0 Å². The lowest BCUT2D eigenvalue weighted by molar-refractivity contribution is -0.126. The van der Waals surface area contributed by atoms with Crippen LogP contribution in [0.5, 0.6) is 0 Å². The van der Waals surface area contributed by atoms with Crippen molar-refractivity contribution in [1.82, 2.24) is 5.32 Å². The number of anilines is 1. The van der Waals surface area contributed by atoms with Gasteiger partial charge in [-0.05, 0) is 36.8 Å². The van der Waals surface area contributed by atoms with Crippen molar-refractivity contribution in [2.75, 3.05) is 5.32 Å². The molecule has 2 aromatic carbocycles. The Kier molecular flexibility index (Phi) is 5.25. The molecule has 0 bridgehead atoms. The van der Waals surface area contributed by atoms with Crippen LogP contribution >= 0.6 is 0 Å². The summed E-state index contributed by atoms with van der Waals surface area (Å²) in [6, 6.07) is 13.1. The number of hydrogen-bond donors (Lipinski definition) is 2. The summed E-state index contributed by atoms with van der Waals surface area (Å²) in [7, 11) is 0. The first-order chi connectivity index (χ1) is 10.5. The average molecular weight is 300 g/mol. The molecule has 2 aromatic rings. The van der Waals surface area contributed by atoms with E-state index in [-0.39, 0.29) is 18.1 Å². The Balaban J connectivity index is 1.79. The summed E-state index contributed by atoms with van der Waals surface area (Å²) in [6.45, 7) is 2.35. The van der Waals surface area contributed by atoms with Crippen LogP contribution in [0.25, 0.3) is 0 Å². The molecule has 2 amide bonds. The second-order valence-corrected chi connectivity index (χ2v) is 5.00. The van der Waals surface area contributed by atoms with Gasteiger partial charge in [-0.1, -0.05) is 29.8 Å². The van der Waals surface area contributed by atoms with Crippen LogP contribution in [-0.2, 0) is 16.1 Å². The molecule has 0 saturated heterocycles. The Morgan fingerprint density at radius 2 is 1.77 bits per heavy atom. The minimum Gasteiger partial charge on any atom is -0.352 e. The van der Waals surface area contributed by atoms with Gasteiger partial charge in [0.15, 0.2) is 0 Å². The summed E-state index contributed by atoms with van der Waals surface area (Å²) in [5.41, 5.74) is 2.55. The standard InChI is InChI=1S/C17H17FN2O2/c1-12-3-2-4-13(9-12)11-19-16(21)10-17(22)20-15-7-5-14(18)6-8-15/h2-9H,10-11H2,1H3,(H,19,21)(H,20,22). The van der Waals surface area contributed by atoms with Crippen molar-refractivity contribution in [2.45, 2.75) is 19.9 Å². The summed E-state index contributed by atoms with van der Waals surface area (Å²) in [5, 5.41) is 5.23. The molecule has 4 nitrogen and oxygen atoms in total. The van der Waals surface area contributed by atoms with E-state index in [1.54, 1.807) is 0 Å². The van der Waals surface area contributed by atoms with Crippen molar-refractivity contribution in [3.05, 3.63) is 65.5 Å². The third-order valence-corrected chi connectivity index (χ3v) is 3.02. The first-order valence-corrected chi connectivity index (χ1v) is 6.90. The molecule has 0 unspecified atom stereocenters. The monoisotopic (exact) mass is 300 g/mol. The summed E-state index contributed by atoms with van der Waals surface area (Å²) in [5.74, 6) is -1.18. The number of amides is 2. The van der Waals surface area contributed by atoms with Crippen LogP contribution in [0, 0.1) is 12.7 Å². The largest absolute Gasteiger partial charge is 0.352 e. The number of carbonyl (C=O) groups is 2. The average Bonchev–Trinajstić information content (AvgIpc) is 2.47. The number of carbonyl (C=O) groups excluding carboxylic acids is 2. The molecule has 5 heteroatoms. The number of rotatable bonds is 5. The predicted octanol–water partition coefficient (Wildman–Crippen LogP) is 2.78. The molecule has 0 aliphatic rings. The Bertz CT molecular complexity index is 669. The molecule has 0 atom stereocenters. The fraction of sp³-hybridized carbons (Fsp3) is 0.176. The Labute approximate surface area is 128 Å². The van der Waals surface area contributed by atoms with Crippen molar-refractivity contribution in [3.8, 4) is 0 Å². The molecule has 0 heterocycles. The highest BCUT2D eigenvalue weighted by Crippen LogP contribution is 2.08. The van der Waals surface area contributed by atoms with Crippen LogP contribution in [0.15, 0.2) is 48.5 Å². The normalized spacial score (nSPS) is 10.1. The van der Waals surface area contributed by atoms with Gasteiger partial charge in [-0.2, -0.15) is 0 Å². The van der Waals surface area contributed by atoms with E-state index in [2.05, 4.69) is 10.6 Å². The second-order valence-electron chi connectivity index (χ2n) is 5.00. The quantitative estimate of drug-likeness (QED) is 0.834. The fourth-order valence-electron chi connectivity index (χ4n) is 1.97. The van der Waals surface area contributed by atoms with Gasteiger partial charge in [-0.3, -0.25) is 9.59 Å². The number of nitrogens with one attached hydrogen (secondary N) is 2. The van der Waals surface area contributed by atoms with E-state index in [1.165, 1.54) is 24.3 Å². The van der Waals surface area contributed by atoms with Crippen LogP contribution < -0.4 is 10.6 Å². The molecule has 0 radical (unpaired) electrons. The maximum Gasteiger partial charge on any atom is 0.233 e. The second kappa shape index (κ2) is 7.36. The van der Waals surface area contributed by atoms with Crippen molar-refractivity contribution in [3.63, 3.8) is 0 Å². The fourth-order valence-corrected chi connectivity index (χ4v) is 1.97. The molecule has 0 aliphatic heterocycles. The molecule has 0 aromatic heterocycles. The van der Waals surface area contributed by atoms with Gasteiger partial charge in [0.25, 0.3) is 0 Å². The molecule has 22 heavy (non-hydrogen) atoms. The topological polar surface area (TPSA) is 58.2 Å². The van der Waals surface area contributed by atoms with Gasteiger partial charge in [0, 0.05) is 12.2 Å². The number of benzene rings is 2. The van der Waals surface area contributed by atoms with Gasteiger partial charge in [0.2, 0.25) is 11.8 Å². The lowest BCUT2D eigenvalue weighted by Crippen LogP contribution is -2.27. The summed E-state index contributed by atoms with van der Waals surface area (Å²) < 4.78 is 12.7. The first-order valence-electron chi connectivity index (χ1n) is 6.90. The van der Waals surface area contributed by atoms with E-state index >= 15 is 0 Å². The Morgan fingerprint density at radius 3 is 2.45 bits per heavy atom. The summed E-state index contributed by atoms with van der Waals surface area (Å²) in [6.07, 6.45) is -0.275. The van der Waals surface area contributed by atoms with Gasteiger partial charge in [0.1, 0.15) is 12.2 Å². The molecule has 0 fully saturated rings. The number of hydrogen-bond acceptors (Lipinski definition) is 2. The van der Waals surface area contributed by atoms with Crippen molar-refractivity contribution in [2.24, 2.45) is 0 Å². The van der Waals surface area contributed by atoms with Gasteiger partial charge < -0.3 is 10.6 Å². The third-order valence-electron chi connectivity index (χ3n) is 3.02. The van der Waals surface area contributed by atoms with Gasteiger partial charge in [-0.15, -0.1) is 0 Å². The number of halogens is 1. The molecule has 114 valence electrons. The van der Waals surface area contributed by atoms with Crippen LogP contribution in [0.2, 0.25) is 0 Å². The SMILES string of the molecule is Cc1cccc(CNC(=O)CC(=O)Nc2ccc(F)cc2)c1. The maximum absolute atomic E-state index is 12.7. The van der Waals surface area contributed by atoms with E-state index in [0.717, 1.165) is 11.1 Å². The van der Waals surface area contributed by atoms with Crippen LogP contribution in [-0.4, -0.2) is 11.8 Å². The zero-order valence-corrected chi connectivity index (χ0v) is 12.2. The van der Waals surface area contributed by atoms with Gasteiger partial charge in [0.05, 0.1) is 0 Å². The van der Waals surface area contributed by atoms with E-state index in [4.69, 9.17) is 0 Å². The maximum atomic E-state index is 12.7. The minimum absolute atomic E-state index is 0.275. The predicted molar refractivity (Wildman–Crippen MR) is 82.7 cm³/mol. The highest BCUT2D eigenvalue weighted by molar-refractivity contribution is 6.03. The zero-order chi connectivity index (χ0) is 15.9. The van der Waals surface area contributed by atoms with Crippen molar-refractivity contribution in [1.29, 1.82) is 0 Å². The van der Waals surface area contributed by atoms with Crippen LogP contribution in [0.1, 0.15) is 17.5 Å². The van der Waals surface area contributed by atoms with Crippen molar-refractivity contribution < 1.29 is 14.0 Å². The van der Waals surface area contributed by atoms with E-state index < -0.39 is 5.91 Å². The minimum atomic E-state index is -0.437. The highest BCUT2D eigenvalue weighted by atomic mass is 19.1. The molecular formula is C17H17FN2O2. The molecular weight excluding hydrogens is 283 g/mol. The molecule has 0 spiro atoms. The van der Waals surface area contributed by atoms with Gasteiger partial charge in [-0.25, -0.2) is 4.39 Å². The zero-order valence-electron chi connectivity index (χ0n) is 12.2. The molecule has 2 N–H and O–H groups in total. The van der Waals surface area contributed by atoms with E-state index in [0.29, 0.717) is 12.2 Å². The number of aryl methyl sites for hydroxylation is 1. The van der Waals surface area contributed by atoms with E-state index in [1.807, 2.05) is 31.2 Å². The Morgan fingerprint density at radius 1 is 1.05 bits per heavy atom. The Hall–Kier alpha value is -2.69. The first kappa shape index (κ1) is 15.7. The van der Waals surface area contributed by atoms with E-state index in [9.17, 15) is 14.0 Å². The van der Waals surface area contributed by atoms with Gasteiger partial charge >= 0.3 is 0 Å². The lowest BCUT2D eigenvalue weighted by atomic mass is 10.1.